The maximum atomic E-state index is 12.9. The molecule has 0 saturated heterocycles. The highest BCUT2D eigenvalue weighted by Gasteiger charge is 2.32. The Kier molecular flexibility index (Phi) is 6.50. The summed E-state index contributed by atoms with van der Waals surface area (Å²) in [6.07, 6.45) is -8.81. The number of hydrogen-bond donors (Lipinski definition) is 1. The van der Waals surface area contributed by atoms with E-state index in [0.29, 0.717) is 23.9 Å². The summed E-state index contributed by atoms with van der Waals surface area (Å²) >= 11 is 0. The van der Waals surface area contributed by atoms with Crippen LogP contribution in [0, 0.1) is 0 Å². The number of sulfone groups is 1. The number of nitrogens with one attached hydrogen (secondary N) is 1. The molecule has 0 unspecified atom stereocenters. The third-order valence-electron chi connectivity index (χ3n) is 4.46. The highest BCUT2D eigenvalue weighted by Crippen LogP contribution is 2.32. The fourth-order valence-electron chi connectivity index (χ4n) is 2.77. The predicted octanol–water partition coefficient (Wildman–Crippen LogP) is 4.88. The first-order valence-corrected chi connectivity index (χ1v) is 10.6. The topological polar surface area (TPSA) is 76.1 Å². The summed E-state index contributed by atoms with van der Waals surface area (Å²) in [5.41, 5.74) is -2.12. The summed E-state index contributed by atoms with van der Waals surface area (Å²) in [4.78, 5) is 14.8. The number of rotatable bonds is 5. The minimum Gasteiger partial charge on any atom is -0.347 e. The molecular formula is C21H14F6N2O3S. The Hall–Kier alpha value is -3.41. The lowest BCUT2D eigenvalue weighted by atomic mass is 10.2. The molecule has 174 valence electrons. The Labute approximate surface area is 184 Å². The van der Waals surface area contributed by atoms with Crippen LogP contribution in [0.2, 0.25) is 0 Å². The van der Waals surface area contributed by atoms with E-state index in [4.69, 9.17) is 0 Å². The van der Waals surface area contributed by atoms with Crippen LogP contribution >= 0.6 is 0 Å². The van der Waals surface area contributed by atoms with Crippen molar-refractivity contribution in [1.29, 1.82) is 0 Å². The van der Waals surface area contributed by atoms with Crippen molar-refractivity contribution in [3.05, 3.63) is 89.2 Å². The van der Waals surface area contributed by atoms with E-state index in [1.165, 1.54) is 24.3 Å². The maximum absolute atomic E-state index is 12.9. The van der Waals surface area contributed by atoms with Gasteiger partial charge >= 0.3 is 12.4 Å². The molecule has 0 bridgehead atoms. The minimum absolute atomic E-state index is 0.201. The van der Waals surface area contributed by atoms with E-state index in [9.17, 15) is 39.6 Å². The Balaban J connectivity index is 1.77. The summed E-state index contributed by atoms with van der Waals surface area (Å²) in [6, 6.07) is 10.1. The zero-order valence-corrected chi connectivity index (χ0v) is 17.2. The van der Waals surface area contributed by atoms with Gasteiger partial charge in [-0.25, -0.2) is 8.42 Å². The zero-order chi connectivity index (χ0) is 24.4. The molecule has 0 aliphatic carbocycles. The van der Waals surface area contributed by atoms with Crippen molar-refractivity contribution in [2.24, 2.45) is 0 Å². The standard InChI is InChI=1S/C21H14F6N2O3S/c22-20(23,24)14-4-2-6-17(10-14)33(31,32)16-5-1-3-13(9-16)11-29-19(30)18-8-7-15(12-28-18)21(25,26)27/h1-10,12H,11H2,(H,29,30). The second-order valence-corrected chi connectivity index (χ2v) is 8.74. The second-order valence-electron chi connectivity index (χ2n) is 6.79. The van der Waals surface area contributed by atoms with Crippen LogP contribution < -0.4 is 5.32 Å². The molecule has 3 rings (SSSR count). The summed E-state index contributed by atoms with van der Waals surface area (Å²) in [5, 5.41) is 2.39. The lowest BCUT2D eigenvalue weighted by Gasteiger charge is -2.11. The molecule has 0 radical (unpaired) electrons. The van der Waals surface area contributed by atoms with Gasteiger partial charge in [-0.15, -0.1) is 0 Å². The molecule has 0 aliphatic rings. The largest absolute Gasteiger partial charge is 0.417 e. The normalized spacial score (nSPS) is 12.4. The van der Waals surface area contributed by atoms with Crippen molar-refractivity contribution < 1.29 is 39.6 Å². The second kappa shape index (κ2) is 8.85. The number of alkyl halides is 6. The van der Waals surface area contributed by atoms with E-state index in [1.54, 1.807) is 0 Å². The number of carbonyl (C=O) groups excluding carboxylic acids is 1. The van der Waals surface area contributed by atoms with Gasteiger partial charge in [0.05, 0.1) is 20.9 Å². The molecular weight excluding hydrogens is 474 g/mol. The van der Waals surface area contributed by atoms with E-state index in [0.717, 1.165) is 24.3 Å². The number of hydrogen-bond acceptors (Lipinski definition) is 4. The molecule has 2 aromatic carbocycles. The molecule has 1 N–H and O–H groups in total. The molecule has 3 aromatic rings. The van der Waals surface area contributed by atoms with E-state index >= 15 is 0 Å². The van der Waals surface area contributed by atoms with Crippen LogP contribution in [-0.2, 0) is 28.7 Å². The molecule has 0 atom stereocenters. The number of amides is 1. The summed E-state index contributed by atoms with van der Waals surface area (Å²) in [7, 11) is -4.29. The van der Waals surface area contributed by atoms with Crippen molar-refractivity contribution in [2.45, 2.75) is 28.7 Å². The van der Waals surface area contributed by atoms with Crippen molar-refractivity contribution in [3.63, 3.8) is 0 Å². The van der Waals surface area contributed by atoms with E-state index in [1.807, 2.05) is 0 Å². The molecule has 0 spiro atoms. The van der Waals surface area contributed by atoms with Gasteiger partial charge in [0.15, 0.2) is 0 Å². The molecule has 0 saturated carbocycles. The maximum Gasteiger partial charge on any atom is 0.417 e. The third-order valence-corrected chi connectivity index (χ3v) is 6.21. The monoisotopic (exact) mass is 488 g/mol. The van der Waals surface area contributed by atoms with Crippen LogP contribution in [0.1, 0.15) is 27.2 Å². The summed E-state index contributed by atoms with van der Waals surface area (Å²) in [5.74, 6) is -0.796. The number of benzene rings is 2. The first kappa shape index (κ1) is 24.2. The van der Waals surface area contributed by atoms with Crippen LogP contribution in [0.15, 0.2) is 76.7 Å². The molecule has 1 aromatic heterocycles. The molecule has 1 amide bonds. The molecule has 12 heteroatoms. The molecule has 1 heterocycles. The van der Waals surface area contributed by atoms with Gasteiger partial charge in [-0.2, -0.15) is 26.3 Å². The number of carbonyl (C=O) groups is 1. The molecule has 33 heavy (non-hydrogen) atoms. The Bertz CT molecular complexity index is 1270. The van der Waals surface area contributed by atoms with Gasteiger partial charge in [0, 0.05) is 12.7 Å². The lowest BCUT2D eigenvalue weighted by molar-refractivity contribution is -0.138. The average molecular weight is 488 g/mol. The van der Waals surface area contributed by atoms with Crippen LogP contribution in [0.3, 0.4) is 0 Å². The van der Waals surface area contributed by atoms with Crippen molar-refractivity contribution in [2.75, 3.05) is 0 Å². The van der Waals surface area contributed by atoms with Crippen LogP contribution in [0.5, 0.6) is 0 Å². The van der Waals surface area contributed by atoms with Crippen LogP contribution in [-0.4, -0.2) is 19.3 Å². The summed E-state index contributed by atoms with van der Waals surface area (Å²) < 4.78 is 102. The van der Waals surface area contributed by atoms with Gasteiger partial charge in [0.25, 0.3) is 5.91 Å². The SMILES string of the molecule is O=C(NCc1cccc(S(=O)(=O)c2cccc(C(F)(F)F)c2)c1)c1ccc(C(F)(F)F)cn1. The number of pyridine rings is 1. The highest BCUT2D eigenvalue weighted by atomic mass is 32.2. The van der Waals surface area contributed by atoms with Gasteiger partial charge < -0.3 is 5.32 Å². The van der Waals surface area contributed by atoms with Crippen molar-refractivity contribution in [1.82, 2.24) is 10.3 Å². The zero-order valence-electron chi connectivity index (χ0n) is 16.4. The van der Waals surface area contributed by atoms with Gasteiger partial charge in [0.1, 0.15) is 5.69 Å². The first-order valence-electron chi connectivity index (χ1n) is 9.11. The lowest BCUT2D eigenvalue weighted by Crippen LogP contribution is -2.24. The van der Waals surface area contributed by atoms with Crippen LogP contribution in [0.25, 0.3) is 0 Å². The van der Waals surface area contributed by atoms with Crippen molar-refractivity contribution >= 4 is 15.7 Å². The first-order chi connectivity index (χ1) is 15.3. The van der Waals surface area contributed by atoms with E-state index < -0.39 is 44.1 Å². The average Bonchev–Trinajstić information content (AvgIpc) is 2.76. The van der Waals surface area contributed by atoms with Gasteiger partial charge in [-0.05, 0) is 48.0 Å². The smallest absolute Gasteiger partial charge is 0.347 e. The van der Waals surface area contributed by atoms with E-state index in [-0.39, 0.29) is 17.1 Å². The van der Waals surface area contributed by atoms with Crippen molar-refractivity contribution in [3.8, 4) is 0 Å². The Morgan fingerprint density at radius 2 is 1.42 bits per heavy atom. The molecule has 5 nitrogen and oxygen atoms in total. The highest BCUT2D eigenvalue weighted by molar-refractivity contribution is 7.91. The number of aromatic nitrogens is 1. The predicted molar refractivity (Wildman–Crippen MR) is 104 cm³/mol. The van der Waals surface area contributed by atoms with Gasteiger partial charge in [0.2, 0.25) is 9.84 Å². The number of halogens is 6. The Morgan fingerprint density at radius 1 is 0.818 bits per heavy atom. The minimum atomic E-state index is -4.72. The van der Waals surface area contributed by atoms with Gasteiger partial charge in [-0.3, -0.25) is 9.78 Å². The van der Waals surface area contributed by atoms with E-state index in [2.05, 4.69) is 10.3 Å². The van der Waals surface area contributed by atoms with Crippen LogP contribution in [0.4, 0.5) is 26.3 Å². The number of nitrogens with zero attached hydrogens (tertiary/aromatic N) is 1. The summed E-state index contributed by atoms with van der Waals surface area (Å²) in [6.45, 7) is -0.201. The molecule has 0 aliphatic heterocycles. The molecule has 0 fully saturated rings. The van der Waals surface area contributed by atoms with Gasteiger partial charge in [-0.1, -0.05) is 18.2 Å². The fraction of sp³-hybridized carbons (Fsp3) is 0.143. The Morgan fingerprint density at radius 3 is 2.00 bits per heavy atom. The quantitative estimate of drug-likeness (QED) is 0.520. The third kappa shape index (κ3) is 5.69. The fourth-order valence-corrected chi connectivity index (χ4v) is 4.14.